The molecule has 2 unspecified atom stereocenters. The van der Waals surface area contributed by atoms with Crippen molar-refractivity contribution in [1.82, 2.24) is 4.90 Å². The van der Waals surface area contributed by atoms with E-state index in [1.54, 1.807) is 0 Å². The minimum Gasteiger partial charge on any atom is -0.301 e. The lowest BCUT2D eigenvalue weighted by Gasteiger charge is -2.40. The van der Waals surface area contributed by atoms with Crippen LogP contribution in [0.25, 0.3) is 0 Å². The summed E-state index contributed by atoms with van der Waals surface area (Å²) in [5.41, 5.74) is 0. The van der Waals surface area contributed by atoms with Crippen LogP contribution in [0, 0.1) is 0 Å². The molecule has 2 fully saturated rings. The normalized spacial score (nSPS) is 34.8. The quantitative estimate of drug-likeness (QED) is 0.687. The molecule has 0 aromatic rings. The molecule has 0 spiro atoms. The fourth-order valence-corrected chi connectivity index (χ4v) is 4.21. The Kier molecular flexibility index (Phi) is 3.56. The largest absolute Gasteiger partial charge is 0.301 e. The second kappa shape index (κ2) is 4.70. The number of hydrogen-bond donors (Lipinski definition) is 0. The third-order valence-corrected chi connectivity index (χ3v) is 4.73. The van der Waals surface area contributed by atoms with Crippen molar-refractivity contribution in [3.8, 4) is 0 Å². The van der Waals surface area contributed by atoms with Crippen LogP contribution in [0.15, 0.2) is 0 Å². The predicted molar refractivity (Wildman–Crippen MR) is 60.4 cm³/mol. The fraction of sp³-hybridized carbons (Fsp3) is 1.00. The van der Waals surface area contributed by atoms with Crippen molar-refractivity contribution in [1.29, 1.82) is 0 Å². The molecule has 2 aliphatic rings. The molecule has 76 valence electrons. The highest BCUT2D eigenvalue weighted by Crippen LogP contribution is 2.36. The first-order valence-electron chi connectivity index (χ1n) is 5.76. The van der Waals surface area contributed by atoms with Crippen molar-refractivity contribution in [2.75, 3.05) is 19.6 Å². The Morgan fingerprint density at radius 2 is 1.92 bits per heavy atom. The standard InChI is InChI=1S/C11H21NS/c1-2-3-7-12-8-10-5-4-6-11(9-12)13-10/h10-11H,2-9H2,1H3. The average Bonchev–Trinajstić information content (AvgIpc) is 2.14. The molecule has 2 heteroatoms. The molecule has 2 saturated heterocycles. The van der Waals surface area contributed by atoms with Gasteiger partial charge in [-0.25, -0.2) is 0 Å². The summed E-state index contributed by atoms with van der Waals surface area (Å²) in [5.74, 6) is 0. The van der Waals surface area contributed by atoms with Crippen LogP contribution >= 0.6 is 11.8 Å². The summed E-state index contributed by atoms with van der Waals surface area (Å²) in [4.78, 5) is 2.70. The Balaban J connectivity index is 1.80. The highest BCUT2D eigenvalue weighted by atomic mass is 32.2. The first-order valence-corrected chi connectivity index (χ1v) is 6.70. The van der Waals surface area contributed by atoms with E-state index in [-0.39, 0.29) is 0 Å². The zero-order chi connectivity index (χ0) is 9.10. The van der Waals surface area contributed by atoms with Crippen molar-refractivity contribution in [2.24, 2.45) is 0 Å². The van der Waals surface area contributed by atoms with Crippen molar-refractivity contribution in [3.63, 3.8) is 0 Å². The Morgan fingerprint density at radius 1 is 1.23 bits per heavy atom. The Labute approximate surface area is 86.3 Å². The van der Waals surface area contributed by atoms with Crippen LogP contribution < -0.4 is 0 Å². The lowest BCUT2D eigenvalue weighted by atomic mass is 10.1. The molecule has 0 aromatic carbocycles. The van der Waals surface area contributed by atoms with Gasteiger partial charge in [0.25, 0.3) is 0 Å². The van der Waals surface area contributed by atoms with Gasteiger partial charge in [0.1, 0.15) is 0 Å². The molecule has 2 atom stereocenters. The highest BCUT2D eigenvalue weighted by molar-refractivity contribution is 8.00. The van der Waals surface area contributed by atoms with E-state index in [0.29, 0.717) is 0 Å². The molecule has 2 rings (SSSR count). The topological polar surface area (TPSA) is 3.24 Å². The molecule has 2 aliphatic heterocycles. The van der Waals surface area contributed by atoms with Gasteiger partial charge < -0.3 is 4.90 Å². The van der Waals surface area contributed by atoms with Gasteiger partial charge in [-0.2, -0.15) is 11.8 Å². The van der Waals surface area contributed by atoms with Crippen LogP contribution in [0.2, 0.25) is 0 Å². The minimum atomic E-state index is 0.976. The smallest absolute Gasteiger partial charge is 0.0178 e. The van der Waals surface area contributed by atoms with Gasteiger partial charge in [0.15, 0.2) is 0 Å². The van der Waals surface area contributed by atoms with Crippen molar-refractivity contribution >= 4 is 11.8 Å². The molecule has 0 N–H and O–H groups in total. The first-order chi connectivity index (χ1) is 6.38. The van der Waals surface area contributed by atoms with Crippen LogP contribution in [0.1, 0.15) is 39.0 Å². The van der Waals surface area contributed by atoms with Crippen LogP contribution in [-0.4, -0.2) is 35.0 Å². The lowest BCUT2D eigenvalue weighted by Crippen LogP contribution is -2.44. The molecule has 2 heterocycles. The number of unbranched alkanes of at least 4 members (excludes halogenated alkanes) is 1. The Morgan fingerprint density at radius 3 is 2.54 bits per heavy atom. The maximum Gasteiger partial charge on any atom is 0.0178 e. The summed E-state index contributed by atoms with van der Waals surface area (Å²) >= 11 is 2.27. The van der Waals surface area contributed by atoms with Crippen molar-refractivity contribution < 1.29 is 0 Å². The van der Waals surface area contributed by atoms with E-state index in [1.165, 1.54) is 51.7 Å². The van der Waals surface area contributed by atoms with E-state index in [2.05, 4.69) is 23.6 Å². The number of thioether (sulfide) groups is 1. The van der Waals surface area contributed by atoms with Crippen LogP contribution in [0.3, 0.4) is 0 Å². The van der Waals surface area contributed by atoms with E-state index < -0.39 is 0 Å². The maximum absolute atomic E-state index is 2.70. The summed E-state index contributed by atoms with van der Waals surface area (Å²) in [6, 6.07) is 0. The zero-order valence-corrected chi connectivity index (χ0v) is 9.48. The van der Waals surface area contributed by atoms with Crippen molar-refractivity contribution in [3.05, 3.63) is 0 Å². The number of rotatable bonds is 3. The van der Waals surface area contributed by atoms with Crippen LogP contribution in [0.5, 0.6) is 0 Å². The second-order valence-electron chi connectivity index (χ2n) is 4.42. The zero-order valence-electron chi connectivity index (χ0n) is 8.67. The predicted octanol–water partition coefficient (Wildman–Crippen LogP) is 2.76. The van der Waals surface area contributed by atoms with E-state index in [0.717, 1.165) is 10.5 Å². The molecule has 0 aliphatic carbocycles. The lowest BCUT2D eigenvalue weighted by molar-refractivity contribution is 0.239. The van der Waals surface area contributed by atoms with Gasteiger partial charge in [-0.1, -0.05) is 19.8 Å². The maximum atomic E-state index is 2.70. The SMILES string of the molecule is CCCCN1CC2CCCC(C1)S2. The fourth-order valence-electron chi connectivity index (χ4n) is 2.46. The molecular formula is C11H21NS. The summed E-state index contributed by atoms with van der Waals surface area (Å²) in [6.45, 7) is 6.39. The second-order valence-corrected chi connectivity index (χ2v) is 6.03. The van der Waals surface area contributed by atoms with Gasteiger partial charge in [0.2, 0.25) is 0 Å². The minimum absolute atomic E-state index is 0.976. The molecule has 2 bridgehead atoms. The van der Waals surface area contributed by atoms with E-state index in [9.17, 15) is 0 Å². The van der Waals surface area contributed by atoms with E-state index >= 15 is 0 Å². The third-order valence-electron chi connectivity index (χ3n) is 3.19. The van der Waals surface area contributed by atoms with Gasteiger partial charge in [-0.05, 0) is 25.8 Å². The average molecular weight is 199 g/mol. The molecule has 1 nitrogen and oxygen atoms in total. The van der Waals surface area contributed by atoms with Gasteiger partial charge >= 0.3 is 0 Å². The molecule has 13 heavy (non-hydrogen) atoms. The van der Waals surface area contributed by atoms with E-state index in [4.69, 9.17) is 0 Å². The summed E-state index contributed by atoms with van der Waals surface area (Å²) in [5, 5.41) is 1.95. The molecule has 0 saturated carbocycles. The van der Waals surface area contributed by atoms with Crippen LogP contribution in [0.4, 0.5) is 0 Å². The number of fused-ring (bicyclic) bond motifs is 2. The van der Waals surface area contributed by atoms with Gasteiger partial charge in [-0.15, -0.1) is 0 Å². The summed E-state index contributed by atoms with van der Waals surface area (Å²) in [7, 11) is 0. The Hall–Kier alpha value is 0.310. The number of nitrogens with zero attached hydrogens (tertiary/aromatic N) is 1. The van der Waals surface area contributed by atoms with Crippen molar-refractivity contribution in [2.45, 2.75) is 49.5 Å². The summed E-state index contributed by atoms with van der Waals surface area (Å²) < 4.78 is 0. The van der Waals surface area contributed by atoms with Gasteiger partial charge in [0.05, 0.1) is 0 Å². The number of hydrogen-bond acceptors (Lipinski definition) is 2. The highest BCUT2D eigenvalue weighted by Gasteiger charge is 2.30. The number of likely N-dealkylation sites (tertiary alicyclic amines) is 1. The first kappa shape index (κ1) is 9.85. The molecule has 0 amide bonds. The molecule has 0 aromatic heterocycles. The molecule has 0 radical (unpaired) electrons. The monoisotopic (exact) mass is 199 g/mol. The molecular weight excluding hydrogens is 178 g/mol. The Bertz CT molecular complexity index is 148. The van der Waals surface area contributed by atoms with E-state index in [1.807, 2.05) is 0 Å². The summed E-state index contributed by atoms with van der Waals surface area (Å²) in [6.07, 6.45) is 7.18. The van der Waals surface area contributed by atoms with Gasteiger partial charge in [0, 0.05) is 23.6 Å². The van der Waals surface area contributed by atoms with Gasteiger partial charge in [-0.3, -0.25) is 0 Å². The van der Waals surface area contributed by atoms with Crippen LogP contribution in [-0.2, 0) is 0 Å². The third kappa shape index (κ3) is 2.63.